The molecule has 0 bridgehead atoms. The smallest absolute Gasteiger partial charge is 0.269 e. The Morgan fingerprint density at radius 2 is 1.85 bits per heavy atom. The lowest BCUT2D eigenvalue weighted by Gasteiger charge is -2.13. The molecule has 0 amide bonds. The molecule has 0 fully saturated rings. The van der Waals surface area contributed by atoms with Crippen molar-refractivity contribution in [2.45, 2.75) is 19.3 Å². The van der Waals surface area contributed by atoms with Gasteiger partial charge >= 0.3 is 0 Å². The molecule has 1 aromatic heterocycles. The van der Waals surface area contributed by atoms with Crippen molar-refractivity contribution in [3.8, 4) is 11.3 Å². The van der Waals surface area contributed by atoms with E-state index in [1.54, 1.807) is 18.2 Å². The molecule has 3 rings (SSSR count). The molecule has 1 aromatic carbocycles. The highest BCUT2D eigenvalue weighted by atomic mass is 16.6. The predicted octanol–water partition coefficient (Wildman–Crippen LogP) is 2.57. The fraction of sp³-hybridized carbons (Fsp3) is 0.214. The lowest BCUT2D eigenvalue weighted by Crippen LogP contribution is -2.13. The maximum atomic E-state index is 11.9. The number of hydrogen-bond acceptors (Lipinski definition) is 5. The van der Waals surface area contributed by atoms with E-state index in [1.807, 2.05) is 0 Å². The number of aryl methyl sites for hydroxylation is 1. The van der Waals surface area contributed by atoms with E-state index in [4.69, 9.17) is 0 Å². The molecule has 0 atom stereocenters. The third kappa shape index (κ3) is 2.16. The van der Waals surface area contributed by atoms with Gasteiger partial charge in [-0.1, -0.05) is 0 Å². The van der Waals surface area contributed by atoms with E-state index in [0.717, 1.165) is 18.5 Å². The summed E-state index contributed by atoms with van der Waals surface area (Å²) in [4.78, 5) is 22.0. The summed E-state index contributed by atoms with van der Waals surface area (Å²) in [6.07, 6.45) is 2.13. The Hall–Kier alpha value is -2.63. The highest BCUT2D eigenvalue weighted by molar-refractivity contribution is 5.98. The molecule has 100 valence electrons. The van der Waals surface area contributed by atoms with Crippen molar-refractivity contribution in [3.63, 3.8) is 0 Å². The Morgan fingerprint density at radius 1 is 1.10 bits per heavy atom. The summed E-state index contributed by atoms with van der Waals surface area (Å²) < 4.78 is 0. The number of carbonyl (C=O) groups is 1. The fourth-order valence-electron chi connectivity index (χ4n) is 2.29. The van der Waals surface area contributed by atoms with Gasteiger partial charge in [-0.2, -0.15) is 10.2 Å². The van der Waals surface area contributed by atoms with E-state index in [1.165, 1.54) is 12.1 Å². The van der Waals surface area contributed by atoms with Gasteiger partial charge in [0.05, 0.1) is 16.3 Å². The summed E-state index contributed by atoms with van der Waals surface area (Å²) in [7, 11) is 0. The third-order valence-electron chi connectivity index (χ3n) is 3.36. The maximum Gasteiger partial charge on any atom is 0.269 e. The second-order valence-electron chi connectivity index (χ2n) is 4.67. The molecule has 6 heteroatoms. The maximum absolute atomic E-state index is 11.9. The molecule has 0 aliphatic heterocycles. The van der Waals surface area contributed by atoms with Crippen LogP contribution in [0.15, 0.2) is 30.3 Å². The first-order valence-corrected chi connectivity index (χ1v) is 6.30. The minimum atomic E-state index is -0.453. The van der Waals surface area contributed by atoms with Crippen LogP contribution in [0.4, 0.5) is 5.69 Å². The molecule has 1 aliphatic carbocycles. The highest BCUT2D eigenvalue weighted by Crippen LogP contribution is 2.25. The van der Waals surface area contributed by atoms with E-state index >= 15 is 0 Å². The van der Waals surface area contributed by atoms with Crippen molar-refractivity contribution in [1.29, 1.82) is 0 Å². The minimum absolute atomic E-state index is 0.0238. The largest absolute Gasteiger partial charge is 0.294 e. The van der Waals surface area contributed by atoms with Crippen LogP contribution in [0.1, 0.15) is 28.9 Å². The standard InChI is InChI=1S/C14H11N3O3/c18-14-3-1-2-12-11(14)8-13(16-15-12)9-4-6-10(7-5-9)17(19)20/h4-8H,1-3H2. The van der Waals surface area contributed by atoms with Gasteiger partial charge < -0.3 is 0 Å². The van der Waals surface area contributed by atoms with Crippen molar-refractivity contribution < 1.29 is 9.72 Å². The molecule has 0 N–H and O–H groups in total. The van der Waals surface area contributed by atoms with Gasteiger partial charge in [0.2, 0.25) is 0 Å². The molecule has 0 saturated heterocycles. The topological polar surface area (TPSA) is 86.0 Å². The van der Waals surface area contributed by atoms with Crippen molar-refractivity contribution in [1.82, 2.24) is 10.2 Å². The van der Waals surface area contributed by atoms with Crippen LogP contribution < -0.4 is 0 Å². The highest BCUT2D eigenvalue weighted by Gasteiger charge is 2.20. The fourth-order valence-corrected chi connectivity index (χ4v) is 2.29. The van der Waals surface area contributed by atoms with Gasteiger partial charge in [-0.3, -0.25) is 14.9 Å². The van der Waals surface area contributed by atoms with Gasteiger partial charge in [0, 0.05) is 29.7 Å². The van der Waals surface area contributed by atoms with Gasteiger partial charge in [-0.05, 0) is 31.0 Å². The summed E-state index contributed by atoms with van der Waals surface area (Å²) in [5.74, 6) is 0.0873. The van der Waals surface area contributed by atoms with Crippen LogP contribution in [0.5, 0.6) is 0 Å². The zero-order chi connectivity index (χ0) is 14.1. The summed E-state index contributed by atoms with van der Waals surface area (Å²) in [5, 5.41) is 18.8. The molecule has 20 heavy (non-hydrogen) atoms. The number of ketones is 1. The van der Waals surface area contributed by atoms with Crippen LogP contribution in [0.25, 0.3) is 11.3 Å². The number of Topliss-reactive ketones (excluding diaryl/α,β-unsaturated/α-hetero) is 1. The first kappa shape index (κ1) is 12.4. The van der Waals surface area contributed by atoms with Crippen LogP contribution in [0.2, 0.25) is 0 Å². The number of fused-ring (bicyclic) bond motifs is 1. The number of benzene rings is 1. The lowest BCUT2D eigenvalue weighted by atomic mass is 9.94. The van der Waals surface area contributed by atoms with Crippen LogP contribution in [-0.4, -0.2) is 20.9 Å². The quantitative estimate of drug-likeness (QED) is 0.617. The second kappa shape index (κ2) is 4.80. The van der Waals surface area contributed by atoms with E-state index < -0.39 is 4.92 Å². The van der Waals surface area contributed by atoms with Crippen molar-refractivity contribution in [2.24, 2.45) is 0 Å². The Morgan fingerprint density at radius 3 is 2.55 bits per heavy atom. The van der Waals surface area contributed by atoms with Crippen LogP contribution >= 0.6 is 0 Å². The number of rotatable bonds is 2. The number of nitro groups is 1. The van der Waals surface area contributed by atoms with Crippen molar-refractivity contribution >= 4 is 11.5 Å². The summed E-state index contributed by atoms with van der Waals surface area (Å²) in [6.45, 7) is 0. The molecule has 0 spiro atoms. The van der Waals surface area contributed by atoms with E-state index in [2.05, 4.69) is 10.2 Å². The number of aromatic nitrogens is 2. The van der Waals surface area contributed by atoms with Crippen molar-refractivity contribution in [3.05, 3.63) is 51.7 Å². The molecule has 0 unspecified atom stereocenters. The molecule has 1 heterocycles. The van der Waals surface area contributed by atoms with E-state index in [9.17, 15) is 14.9 Å². The normalized spacial score (nSPS) is 13.9. The minimum Gasteiger partial charge on any atom is -0.294 e. The van der Waals surface area contributed by atoms with E-state index in [0.29, 0.717) is 23.2 Å². The zero-order valence-corrected chi connectivity index (χ0v) is 10.6. The number of non-ortho nitro benzene ring substituents is 1. The van der Waals surface area contributed by atoms with Crippen molar-refractivity contribution in [2.75, 3.05) is 0 Å². The molecule has 0 radical (unpaired) electrons. The summed E-state index contributed by atoms with van der Waals surface area (Å²) in [6, 6.07) is 7.78. The second-order valence-corrected chi connectivity index (χ2v) is 4.67. The summed E-state index contributed by atoms with van der Waals surface area (Å²) >= 11 is 0. The Kier molecular flexibility index (Phi) is 2.98. The van der Waals surface area contributed by atoms with Crippen LogP contribution in [0, 0.1) is 10.1 Å². The molecular weight excluding hydrogens is 258 g/mol. The Labute approximate surface area is 114 Å². The Balaban J connectivity index is 2.00. The Bertz CT molecular complexity index is 695. The number of nitrogens with zero attached hydrogens (tertiary/aromatic N) is 3. The zero-order valence-electron chi connectivity index (χ0n) is 10.6. The van der Waals surface area contributed by atoms with Gasteiger partial charge in [-0.25, -0.2) is 0 Å². The van der Waals surface area contributed by atoms with Crippen LogP contribution in [0.3, 0.4) is 0 Å². The van der Waals surface area contributed by atoms with E-state index in [-0.39, 0.29) is 11.5 Å². The monoisotopic (exact) mass is 269 g/mol. The molecule has 0 saturated carbocycles. The molecular formula is C14H11N3O3. The average molecular weight is 269 g/mol. The number of carbonyl (C=O) groups excluding carboxylic acids is 1. The molecule has 2 aromatic rings. The van der Waals surface area contributed by atoms with Crippen LogP contribution in [-0.2, 0) is 6.42 Å². The molecule has 1 aliphatic rings. The number of hydrogen-bond donors (Lipinski definition) is 0. The van der Waals surface area contributed by atoms with Gasteiger partial charge in [-0.15, -0.1) is 0 Å². The SMILES string of the molecule is O=C1CCCc2nnc(-c3ccc([N+](=O)[O-])cc3)cc21. The van der Waals surface area contributed by atoms with Gasteiger partial charge in [0.15, 0.2) is 5.78 Å². The molecule has 6 nitrogen and oxygen atoms in total. The summed E-state index contributed by atoms with van der Waals surface area (Å²) in [5.41, 5.74) is 2.67. The van der Waals surface area contributed by atoms with Gasteiger partial charge in [0.25, 0.3) is 5.69 Å². The first-order valence-electron chi connectivity index (χ1n) is 6.30. The first-order chi connectivity index (χ1) is 9.65. The number of nitro benzene ring substituents is 1. The average Bonchev–Trinajstić information content (AvgIpc) is 2.47. The predicted molar refractivity (Wildman–Crippen MR) is 71.4 cm³/mol. The lowest BCUT2D eigenvalue weighted by molar-refractivity contribution is -0.384. The third-order valence-corrected chi connectivity index (χ3v) is 3.36. The van der Waals surface area contributed by atoms with Gasteiger partial charge in [0.1, 0.15) is 0 Å².